The number of likely N-dealkylation sites (tertiary alicyclic amines) is 1. The van der Waals surface area contributed by atoms with Crippen LogP contribution in [0.5, 0.6) is 5.75 Å². The number of hydrogen-bond donors (Lipinski definition) is 2. The summed E-state index contributed by atoms with van der Waals surface area (Å²) in [6.07, 6.45) is 22.9. The standard InChI is InChI=1S/C34H56N2O7Si.C32H52N2O7Si.C21H27N2.C10H11NO3.2ClH.Ru/c1-9-11-12-13-14-19-27(35-32(40)42-25-17-15-16-18-25)30(38)36-23-26(43-44(7,8)33(3,4)5)20-28(36)29(37)22-34(31(39)41-6)21-24(34)10-2;1-31(2,3)42(5,6)41-24-18-26-27(35)20-32(29(37)39-4)19-22(32)14-10-8-7-9-11-17-25(28(36)34(26)21-24)33-30(38)40-23-15-12-13-16-23;1-14-9-16(3)20(17(4)10-14)22-7-8-23(13-22)21-18(5)11-15(2)12-19(21)6;1-7(2)14-10-5-4-9(11(12)13)6-8(10)3;;;/h9-10,24-28H,1-2,11-23H2,3-8H3,(H,35,40);10,14,22-26H,7-9,11-13,15-21H2,1-6H3,(H,33,38);9-13H,7-8H2,1-6H3;3-7H,1-2H3;2*1H;/q;;-1;;;;+2/p-1/b;14-10-;;;;;/t24-,26-,27+,28+,34-;22-,24-,25+,26+,32-;;;;;/m11...../s1. The number of ketones is 2. The van der Waals surface area contributed by atoms with Gasteiger partial charge < -0.3 is 58.0 Å². The van der Waals surface area contributed by atoms with Gasteiger partial charge in [0.1, 0.15) is 24.3 Å². The normalized spacial score (nSPS) is 24.1. The summed E-state index contributed by atoms with van der Waals surface area (Å²) in [6.45, 7) is 51.2. The minimum atomic E-state index is -2.22. The number of aryl methyl sites for hydroxylation is 6. The van der Waals surface area contributed by atoms with Crippen LogP contribution in [0.4, 0.5) is 26.7 Å². The van der Waals surface area contributed by atoms with Gasteiger partial charge in [-0.1, -0.05) is 127 Å². The molecule has 0 aromatic heterocycles. The summed E-state index contributed by atoms with van der Waals surface area (Å²) in [5.74, 6) is -1.19. The molecule has 3 aromatic carbocycles. The zero-order valence-electron chi connectivity index (χ0n) is 78.9. The van der Waals surface area contributed by atoms with Crippen LogP contribution >= 0.6 is 19.4 Å². The molecule has 10 atom stereocenters. The number of nitro benzene ring substituents is 1. The van der Waals surface area contributed by atoms with Gasteiger partial charge in [-0.3, -0.25) is 28.8 Å². The van der Waals surface area contributed by atoms with Crippen molar-refractivity contribution in [1.82, 2.24) is 20.4 Å². The topological polar surface area (TPSA) is 285 Å². The molecule has 4 aliphatic carbocycles. The molecule has 11 rings (SSSR count). The number of carbonyl (C=O) groups excluding carboxylic acids is 8. The van der Waals surface area contributed by atoms with E-state index in [0.29, 0.717) is 49.8 Å². The summed E-state index contributed by atoms with van der Waals surface area (Å²) < 4.78 is 41.0. The number of Topliss-reactive ketones (excluding diaryl/α,β-unsaturated/α-hetero) is 2. The van der Waals surface area contributed by atoms with Crippen molar-refractivity contribution in [2.45, 2.75) is 342 Å². The van der Waals surface area contributed by atoms with Gasteiger partial charge in [-0.05, 0) is 215 Å². The molecule has 0 spiro atoms. The molecule has 0 unspecified atom stereocenters. The Hall–Kier alpha value is -7.13. The van der Waals surface area contributed by atoms with Crippen LogP contribution in [0.2, 0.25) is 36.3 Å². The fraction of sp³-hybridized carbons (Fsp3) is 0.649. The maximum absolute atomic E-state index is 14.3. The number of carbonyl (C=O) groups is 8. The maximum Gasteiger partial charge on any atom is 0.408 e. The SMILES string of the molecule is C=CCCCCC[C@H](NC(=O)OC1CCCC1)C(=O)N1C[C@H](O[Si](C)(C)C(C)(C)C)C[C@H]1C(=O)C[C@]1(C(=O)OC)C[C@H]1C=C.CC(C)[OH+]c1ccc([N+](=O)[O-])cc1[CH]=[Ru]([Cl])[Cl].COC(=O)[C@]12CC(=O)[C@@H]3C[C@@H](O[Si](C)(C)C(C)(C)C)CN3C(=O)[C@@H](NC(=O)OC3CCCC3)CCCCC/C=C\[C@@H]1C2.Cc1cc(C)c(N2[CH-]N(c3c(C)cc(C)cc3C)CC2)c(C)c1. The molecule has 4 saturated carbocycles. The number of nitro groups is 1. The number of aromatic hydroxyl groups is 1. The summed E-state index contributed by atoms with van der Waals surface area (Å²) >= 11 is -2.03. The molecule has 24 nitrogen and oxygen atoms in total. The van der Waals surface area contributed by atoms with E-state index >= 15 is 0 Å². The molecule has 8 aliphatic rings. The Balaban J connectivity index is 0.000000221. The summed E-state index contributed by atoms with van der Waals surface area (Å²) in [4.78, 5) is 126. The van der Waals surface area contributed by atoms with E-state index in [9.17, 15) is 48.5 Å². The number of amides is 4. The van der Waals surface area contributed by atoms with Crippen LogP contribution in [0.15, 0.2) is 79.9 Å². The molecule has 3 aromatic rings. The van der Waals surface area contributed by atoms with Crippen LogP contribution in [0.1, 0.15) is 248 Å². The van der Waals surface area contributed by atoms with Crippen molar-refractivity contribution >= 4 is 105 Å². The van der Waals surface area contributed by atoms with E-state index in [1.807, 2.05) is 19.9 Å². The number of non-ortho nitro benzene ring substituents is 1. The first-order valence-electron chi connectivity index (χ1n) is 45.6. The number of nitrogens with one attached hydrogen (secondary N) is 2. The minimum Gasteiger partial charge on any atom is -0.502 e. The third-order valence-corrected chi connectivity index (χ3v) is 38.0. The van der Waals surface area contributed by atoms with Crippen LogP contribution < -0.4 is 20.4 Å². The van der Waals surface area contributed by atoms with Gasteiger partial charge >= 0.3 is 137 Å². The van der Waals surface area contributed by atoms with E-state index in [-0.39, 0.29) is 113 Å². The van der Waals surface area contributed by atoms with E-state index in [1.165, 1.54) is 71.1 Å². The smallest absolute Gasteiger partial charge is 0.408 e. The van der Waals surface area contributed by atoms with Crippen LogP contribution in [-0.4, -0.2) is 183 Å². The number of nitrogens with zero attached hydrogens (tertiary/aromatic N) is 5. The van der Waals surface area contributed by atoms with Gasteiger partial charge in [-0.15, -0.1) is 13.2 Å². The Bertz CT molecular complexity index is 4290. The van der Waals surface area contributed by atoms with Crippen molar-refractivity contribution in [3.8, 4) is 5.75 Å². The van der Waals surface area contributed by atoms with Crippen LogP contribution in [0.3, 0.4) is 0 Å². The summed E-state index contributed by atoms with van der Waals surface area (Å²) in [5.41, 5.74) is 9.68. The van der Waals surface area contributed by atoms with Crippen LogP contribution in [0.25, 0.3) is 0 Å². The molecule has 126 heavy (non-hydrogen) atoms. The second-order valence-electron chi connectivity index (χ2n) is 39.5. The van der Waals surface area contributed by atoms with Crippen molar-refractivity contribution in [3.05, 3.63) is 136 Å². The Morgan fingerprint density at radius 1 is 0.706 bits per heavy atom. The molecule has 7 fully saturated rings. The number of esters is 2. The molecule has 0 bridgehead atoms. The second-order valence-corrected chi connectivity index (χ2v) is 54.7. The van der Waals surface area contributed by atoms with Gasteiger partial charge in [0.15, 0.2) is 28.2 Å². The molecule has 4 aliphatic heterocycles. The van der Waals surface area contributed by atoms with Crippen molar-refractivity contribution in [2.75, 3.05) is 50.2 Å². The van der Waals surface area contributed by atoms with Crippen molar-refractivity contribution in [3.63, 3.8) is 0 Å². The van der Waals surface area contributed by atoms with Crippen LogP contribution in [0, 0.1) is 81.0 Å². The van der Waals surface area contributed by atoms with E-state index in [1.54, 1.807) is 26.6 Å². The molecule has 702 valence electrons. The minimum absolute atomic E-state index is 0.0164. The predicted molar refractivity (Wildman–Crippen MR) is 503 cm³/mol. The number of methoxy groups -OCH3 is 2. The zero-order chi connectivity index (χ0) is 93.1. The van der Waals surface area contributed by atoms with Gasteiger partial charge in [-0.25, -0.2) is 9.59 Å². The quantitative estimate of drug-likeness (QED) is 0.00825. The second kappa shape index (κ2) is 46.1. The number of hydrogen-bond acceptors (Lipinski definition) is 18. The number of allylic oxidation sites excluding steroid dienone is 4. The maximum atomic E-state index is 14.3. The Morgan fingerprint density at radius 3 is 1.75 bits per heavy atom. The van der Waals surface area contributed by atoms with Gasteiger partial charge in [-0.2, -0.15) is 6.67 Å². The van der Waals surface area contributed by atoms with Gasteiger partial charge in [0.05, 0.1) is 49.3 Å². The molecule has 29 heteroatoms. The third kappa shape index (κ3) is 28.2. The monoisotopic (exact) mass is 1910 g/mol. The van der Waals surface area contributed by atoms with Gasteiger partial charge in [0.2, 0.25) is 11.8 Å². The molecule has 3 saturated heterocycles. The van der Waals surface area contributed by atoms with E-state index < -0.39 is 88.2 Å². The third-order valence-electron chi connectivity index (χ3n) is 27.1. The first kappa shape index (κ1) is 104. The number of halogens is 2. The number of anilines is 2. The first-order valence-corrected chi connectivity index (χ1v) is 56.9. The molecule has 4 heterocycles. The zero-order valence-corrected chi connectivity index (χ0v) is 84.1. The number of unbranched alkanes of at least 4 members (excludes halogenated alkanes) is 3. The largest absolute Gasteiger partial charge is 0.502 e. The summed E-state index contributed by atoms with van der Waals surface area (Å²) in [5, 5.41) is 16.3. The predicted octanol–water partition coefficient (Wildman–Crippen LogP) is 20.5. The molecule has 3 N–H and O–H groups in total. The van der Waals surface area contributed by atoms with Crippen molar-refractivity contribution in [1.29, 1.82) is 0 Å². The number of alkyl carbamates (subject to hydrolysis) is 2. The molecular weight excluding hydrogens is 1760 g/mol. The average molecular weight is 1910 g/mol. The van der Waals surface area contributed by atoms with Crippen molar-refractivity contribution in [2.24, 2.45) is 22.7 Å². The van der Waals surface area contributed by atoms with Crippen LogP contribution in [-0.2, 0) is 70.1 Å². The molecular formula is C97H147Cl2N7O17RuSi2. The number of aliphatic hydroxyl groups is 1. The summed E-state index contributed by atoms with van der Waals surface area (Å²) in [7, 11) is 9.88. The number of fused-ring (bicyclic) bond motifs is 2. The number of rotatable bonds is 27. The number of benzene rings is 3. The number of ether oxygens (including phenoxy) is 5. The fourth-order valence-corrected chi connectivity index (χ4v) is 22.8. The van der Waals surface area contributed by atoms with Crippen molar-refractivity contribution < 1.29 is 89.3 Å². The molecule has 4 amide bonds. The van der Waals surface area contributed by atoms with E-state index in [4.69, 9.17) is 47.2 Å². The summed E-state index contributed by atoms with van der Waals surface area (Å²) in [6, 6.07) is 10.5. The fourth-order valence-electron chi connectivity index (χ4n) is 18.3. The first-order chi connectivity index (χ1) is 59.2. The van der Waals surface area contributed by atoms with E-state index in [2.05, 4.69) is 191 Å². The Kier molecular flexibility index (Phi) is 38.1. The van der Waals surface area contributed by atoms with E-state index in [0.717, 1.165) is 116 Å². The average Bonchev–Trinajstić information content (AvgIpc) is 1.58. The Morgan fingerprint density at radius 2 is 1.25 bits per heavy atom. The molecule has 0 radical (unpaired) electrons. The van der Waals surface area contributed by atoms with Gasteiger partial charge in [0.25, 0.3) is 0 Å². The van der Waals surface area contributed by atoms with Gasteiger partial charge in [0, 0.05) is 63.2 Å². The Labute approximate surface area is 766 Å².